The first-order valence-electron chi connectivity index (χ1n) is 10.6. The van der Waals surface area contributed by atoms with Gasteiger partial charge in [-0.05, 0) is 31.9 Å². The molecule has 0 aliphatic carbocycles. The number of pyridine rings is 1. The number of carbonyl (C=O) groups excluding carboxylic acids is 1. The zero-order valence-electron chi connectivity index (χ0n) is 18.5. The van der Waals surface area contributed by atoms with Crippen LogP contribution in [0, 0.1) is 25.2 Å². The number of nitrogens with zero attached hydrogens (tertiary/aromatic N) is 7. The number of hydrogen-bond acceptors (Lipinski definition) is 6. The molecule has 4 heterocycles. The molecule has 1 fully saturated rings. The second-order valence-corrected chi connectivity index (χ2v) is 8.47. The average Bonchev–Trinajstić information content (AvgIpc) is 3.21. The van der Waals surface area contributed by atoms with Crippen molar-refractivity contribution in [1.82, 2.24) is 24.5 Å². The fraction of sp³-hybridized carbons (Fsp3) is 0.409. The van der Waals surface area contributed by atoms with E-state index in [0.717, 1.165) is 29.2 Å². The van der Waals surface area contributed by atoms with E-state index in [9.17, 15) is 23.2 Å². The lowest BCUT2D eigenvalue weighted by Gasteiger charge is -2.36. The largest absolute Gasteiger partial charge is 0.417 e. The van der Waals surface area contributed by atoms with Gasteiger partial charge in [-0.3, -0.25) is 4.79 Å². The van der Waals surface area contributed by atoms with Gasteiger partial charge in [0.25, 0.3) is 0 Å². The molecule has 34 heavy (non-hydrogen) atoms. The van der Waals surface area contributed by atoms with Crippen LogP contribution in [-0.2, 0) is 17.4 Å². The Morgan fingerprint density at radius 2 is 1.91 bits per heavy atom. The first kappa shape index (κ1) is 23.8. The van der Waals surface area contributed by atoms with E-state index in [1.54, 1.807) is 14.3 Å². The SMILES string of the molecule is Cc1nc2c(C#N)cnn2c(C)c1CCC(=O)N1CCN(c2ncc(C(F)(F)F)cc2Cl)CC1. The molecule has 0 N–H and O–H groups in total. The highest BCUT2D eigenvalue weighted by atomic mass is 35.5. The summed E-state index contributed by atoms with van der Waals surface area (Å²) in [5, 5.41) is 13.3. The van der Waals surface area contributed by atoms with Crippen molar-refractivity contribution in [2.75, 3.05) is 31.1 Å². The van der Waals surface area contributed by atoms with Gasteiger partial charge in [0.2, 0.25) is 5.91 Å². The van der Waals surface area contributed by atoms with Crippen molar-refractivity contribution in [2.45, 2.75) is 32.9 Å². The van der Waals surface area contributed by atoms with Crippen molar-refractivity contribution in [1.29, 1.82) is 5.26 Å². The third kappa shape index (κ3) is 4.50. The Morgan fingerprint density at radius 3 is 2.53 bits per heavy atom. The Labute approximate surface area is 198 Å². The predicted octanol–water partition coefficient (Wildman–Crippen LogP) is 3.57. The van der Waals surface area contributed by atoms with Crippen LogP contribution >= 0.6 is 11.6 Å². The summed E-state index contributed by atoms with van der Waals surface area (Å²) in [4.78, 5) is 24.7. The van der Waals surface area contributed by atoms with Gasteiger partial charge in [0.05, 0.1) is 16.8 Å². The summed E-state index contributed by atoms with van der Waals surface area (Å²) in [6.45, 7) is 5.39. The van der Waals surface area contributed by atoms with E-state index >= 15 is 0 Å². The lowest BCUT2D eigenvalue weighted by Crippen LogP contribution is -2.49. The molecule has 1 aliphatic rings. The summed E-state index contributed by atoms with van der Waals surface area (Å²) in [6.07, 6.45) is -1.50. The molecule has 3 aromatic rings. The topological polar surface area (TPSA) is 90.4 Å². The van der Waals surface area contributed by atoms with E-state index in [1.165, 1.54) is 6.20 Å². The van der Waals surface area contributed by atoms with E-state index < -0.39 is 11.7 Å². The Balaban J connectivity index is 1.38. The minimum Gasteiger partial charge on any atom is -0.352 e. The quantitative estimate of drug-likeness (QED) is 0.554. The number of hydrogen-bond donors (Lipinski definition) is 0. The molecule has 0 unspecified atom stereocenters. The lowest BCUT2D eigenvalue weighted by molar-refractivity contribution is -0.137. The summed E-state index contributed by atoms with van der Waals surface area (Å²) in [5.41, 5.74) is 2.50. The number of aromatic nitrogens is 4. The first-order chi connectivity index (χ1) is 16.1. The van der Waals surface area contributed by atoms with Crippen molar-refractivity contribution >= 4 is 29.0 Å². The van der Waals surface area contributed by atoms with Crippen LogP contribution in [0.2, 0.25) is 5.02 Å². The van der Waals surface area contributed by atoms with E-state index in [2.05, 4.69) is 21.1 Å². The summed E-state index contributed by atoms with van der Waals surface area (Å²) in [7, 11) is 0. The van der Waals surface area contributed by atoms with Gasteiger partial charge in [0.15, 0.2) is 5.65 Å². The summed E-state index contributed by atoms with van der Waals surface area (Å²) in [5.74, 6) is 0.256. The molecule has 12 heteroatoms. The van der Waals surface area contributed by atoms with Crippen LogP contribution in [0.3, 0.4) is 0 Å². The highest BCUT2D eigenvalue weighted by molar-refractivity contribution is 6.33. The monoisotopic (exact) mass is 491 g/mol. The Hall–Kier alpha value is -3.39. The van der Waals surface area contributed by atoms with Crippen LogP contribution < -0.4 is 4.90 Å². The molecule has 8 nitrogen and oxygen atoms in total. The Kier molecular flexibility index (Phi) is 6.36. The second-order valence-electron chi connectivity index (χ2n) is 8.06. The summed E-state index contributed by atoms with van der Waals surface area (Å²) in [6, 6.07) is 2.94. The van der Waals surface area contributed by atoms with Crippen molar-refractivity contribution in [3.63, 3.8) is 0 Å². The zero-order valence-corrected chi connectivity index (χ0v) is 19.3. The van der Waals surface area contributed by atoms with Gasteiger partial charge in [-0.25, -0.2) is 14.5 Å². The molecule has 0 atom stereocenters. The summed E-state index contributed by atoms with van der Waals surface area (Å²) < 4.78 is 40.1. The molecule has 0 spiro atoms. The van der Waals surface area contributed by atoms with Crippen LogP contribution in [0.5, 0.6) is 0 Å². The highest BCUT2D eigenvalue weighted by Crippen LogP contribution is 2.33. The number of nitriles is 1. The van der Waals surface area contributed by atoms with Gasteiger partial charge in [-0.2, -0.15) is 23.5 Å². The van der Waals surface area contributed by atoms with Crippen molar-refractivity contribution in [2.24, 2.45) is 0 Å². The third-order valence-corrected chi connectivity index (χ3v) is 6.28. The molecule has 1 saturated heterocycles. The predicted molar refractivity (Wildman–Crippen MR) is 119 cm³/mol. The molecule has 4 rings (SSSR count). The second kappa shape index (κ2) is 9.10. The van der Waals surface area contributed by atoms with Gasteiger partial charge in [0.1, 0.15) is 17.5 Å². The average molecular weight is 492 g/mol. The maximum absolute atomic E-state index is 12.8. The number of halogens is 4. The molecule has 1 aliphatic heterocycles. The van der Waals surface area contributed by atoms with Crippen LogP contribution in [-0.4, -0.2) is 56.6 Å². The molecule has 0 radical (unpaired) electrons. The number of amides is 1. The molecule has 178 valence electrons. The fourth-order valence-corrected chi connectivity index (χ4v) is 4.41. The molecular weight excluding hydrogens is 471 g/mol. The van der Waals surface area contributed by atoms with Gasteiger partial charge < -0.3 is 9.80 Å². The first-order valence-corrected chi connectivity index (χ1v) is 11.0. The minimum absolute atomic E-state index is 0.0248. The number of fused-ring (bicyclic) bond motifs is 1. The lowest BCUT2D eigenvalue weighted by atomic mass is 10.1. The molecule has 3 aromatic heterocycles. The zero-order chi connectivity index (χ0) is 24.6. The number of piperazine rings is 1. The maximum Gasteiger partial charge on any atom is 0.417 e. The van der Waals surface area contributed by atoms with Crippen molar-refractivity contribution in [3.05, 3.63) is 51.6 Å². The molecule has 0 saturated carbocycles. The van der Waals surface area contributed by atoms with Gasteiger partial charge >= 0.3 is 6.18 Å². The Bertz CT molecular complexity index is 1290. The number of anilines is 1. The number of carbonyl (C=O) groups is 1. The van der Waals surface area contributed by atoms with E-state index in [4.69, 9.17) is 11.6 Å². The minimum atomic E-state index is -4.51. The van der Waals surface area contributed by atoms with E-state index in [1.807, 2.05) is 13.8 Å². The van der Waals surface area contributed by atoms with Crippen LogP contribution in [0.1, 0.15) is 34.5 Å². The highest BCUT2D eigenvalue weighted by Gasteiger charge is 2.32. The van der Waals surface area contributed by atoms with Gasteiger partial charge in [0, 0.05) is 50.2 Å². The normalized spacial score (nSPS) is 14.5. The molecular formula is C22H21ClF3N7O. The maximum atomic E-state index is 12.8. The summed E-state index contributed by atoms with van der Waals surface area (Å²) >= 11 is 6.05. The van der Waals surface area contributed by atoms with E-state index in [0.29, 0.717) is 43.8 Å². The molecule has 0 aromatic carbocycles. The van der Waals surface area contributed by atoms with Crippen molar-refractivity contribution < 1.29 is 18.0 Å². The third-order valence-electron chi connectivity index (χ3n) is 6.00. The van der Waals surface area contributed by atoms with Crippen molar-refractivity contribution in [3.8, 4) is 6.07 Å². The van der Waals surface area contributed by atoms with E-state index in [-0.39, 0.29) is 23.2 Å². The number of aryl methyl sites for hydroxylation is 2. The molecule has 0 bridgehead atoms. The van der Waals surface area contributed by atoms with Gasteiger partial charge in [-0.15, -0.1) is 0 Å². The van der Waals surface area contributed by atoms with Crippen LogP contribution in [0.4, 0.5) is 19.0 Å². The Morgan fingerprint density at radius 1 is 1.21 bits per heavy atom. The van der Waals surface area contributed by atoms with Gasteiger partial charge in [-0.1, -0.05) is 11.6 Å². The van der Waals surface area contributed by atoms with Crippen LogP contribution in [0.25, 0.3) is 5.65 Å². The fourth-order valence-electron chi connectivity index (χ4n) is 4.13. The number of alkyl halides is 3. The number of rotatable bonds is 4. The molecule has 1 amide bonds. The standard InChI is InChI=1S/C22H21ClF3N7O/c1-13-17(14(2)33-20(30-13)15(10-27)11-29-33)3-4-19(34)31-5-7-32(8-6-31)21-18(23)9-16(12-28-21)22(24,25)26/h9,11-12H,3-8H2,1-2H3. The van der Waals surface area contributed by atoms with Crippen LogP contribution in [0.15, 0.2) is 18.5 Å². The smallest absolute Gasteiger partial charge is 0.352 e.